The number of aliphatic hydroxyl groups excluding tert-OH is 1. The third-order valence-electron chi connectivity index (χ3n) is 10.8. The van der Waals surface area contributed by atoms with Crippen LogP contribution in [-0.2, 0) is 43.6 Å². The summed E-state index contributed by atoms with van der Waals surface area (Å²) in [5.41, 5.74) is 5.43. The molecule has 7 rings (SSSR count). The summed E-state index contributed by atoms with van der Waals surface area (Å²) in [5.74, 6) is -0.833. The standard InChI is InChI=1S/C45H47N3O7/c1-29-40(26-47(3)30(2)37-22-21-34-11-7-8-12-38(34)23-37)54-44(55-42(29)35-17-15-32(27-49)16-18-35)36-19-13-31(14-20-36)25-48-41(50)24-39(43(48)51)46-45(52)53-28-33-9-5-4-6-10-33/h4-23,29-30,39-40,42,44,49H,24-28H2,1-3H3,(H,46,52). The van der Waals surface area contributed by atoms with Crippen molar-refractivity contribution in [2.24, 2.45) is 5.92 Å². The summed E-state index contributed by atoms with van der Waals surface area (Å²) in [5, 5.41) is 14.6. The number of likely N-dealkylation sites (N-methyl/N-ethyl adjacent to an activating group) is 1. The minimum Gasteiger partial charge on any atom is -0.445 e. The number of nitrogens with one attached hydrogen (secondary N) is 1. The zero-order valence-electron chi connectivity index (χ0n) is 31.3. The number of benzene rings is 5. The molecule has 0 aromatic heterocycles. The number of rotatable bonds is 12. The van der Waals surface area contributed by atoms with E-state index in [2.05, 4.69) is 73.6 Å². The number of ether oxygens (including phenoxy) is 3. The van der Waals surface area contributed by atoms with E-state index in [0.29, 0.717) is 6.54 Å². The molecule has 3 amide bonds. The molecule has 5 aromatic rings. The molecule has 2 saturated heterocycles. The predicted octanol–water partition coefficient (Wildman–Crippen LogP) is 7.37. The van der Waals surface area contributed by atoms with E-state index in [1.165, 1.54) is 21.2 Å². The van der Waals surface area contributed by atoms with Crippen molar-refractivity contribution >= 4 is 28.7 Å². The van der Waals surface area contributed by atoms with E-state index >= 15 is 0 Å². The Balaban J connectivity index is 1.03. The Morgan fingerprint density at radius 2 is 1.53 bits per heavy atom. The lowest BCUT2D eigenvalue weighted by molar-refractivity contribution is -0.276. The molecule has 0 saturated carbocycles. The number of alkyl carbamates (subject to hydrolysis) is 1. The van der Waals surface area contributed by atoms with Crippen molar-refractivity contribution in [3.05, 3.63) is 155 Å². The Labute approximate surface area is 321 Å². The maximum atomic E-state index is 13.2. The number of fused-ring (bicyclic) bond motifs is 1. The zero-order valence-corrected chi connectivity index (χ0v) is 31.3. The maximum absolute atomic E-state index is 13.2. The largest absolute Gasteiger partial charge is 0.445 e. The molecule has 0 bridgehead atoms. The first kappa shape index (κ1) is 37.9. The molecule has 284 valence electrons. The van der Waals surface area contributed by atoms with E-state index in [9.17, 15) is 19.5 Å². The number of carbonyl (C=O) groups excluding carboxylic acids is 3. The molecule has 5 aromatic carbocycles. The highest BCUT2D eigenvalue weighted by molar-refractivity contribution is 6.06. The van der Waals surface area contributed by atoms with Crippen molar-refractivity contribution < 1.29 is 33.7 Å². The van der Waals surface area contributed by atoms with Gasteiger partial charge < -0.3 is 24.6 Å². The van der Waals surface area contributed by atoms with Gasteiger partial charge in [0, 0.05) is 24.1 Å². The van der Waals surface area contributed by atoms with Gasteiger partial charge in [-0.3, -0.25) is 19.4 Å². The molecule has 6 unspecified atom stereocenters. The third kappa shape index (κ3) is 8.79. The van der Waals surface area contributed by atoms with Gasteiger partial charge >= 0.3 is 6.09 Å². The van der Waals surface area contributed by atoms with E-state index in [1.807, 2.05) is 78.9 Å². The second kappa shape index (κ2) is 17.0. The molecule has 2 fully saturated rings. The Hall–Kier alpha value is -5.39. The van der Waals surface area contributed by atoms with Crippen molar-refractivity contribution in [3.63, 3.8) is 0 Å². The van der Waals surface area contributed by atoms with Gasteiger partial charge in [-0.1, -0.05) is 122 Å². The summed E-state index contributed by atoms with van der Waals surface area (Å²) in [6.07, 6.45) is -2.01. The zero-order chi connectivity index (χ0) is 38.5. The van der Waals surface area contributed by atoms with Crippen LogP contribution < -0.4 is 5.32 Å². The van der Waals surface area contributed by atoms with Crippen molar-refractivity contribution in [2.45, 2.75) is 70.6 Å². The van der Waals surface area contributed by atoms with E-state index in [4.69, 9.17) is 14.2 Å². The fourth-order valence-corrected chi connectivity index (χ4v) is 7.32. The van der Waals surface area contributed by atoms with Gasteiger partial charge in [0.25, 0.3) is 5.91 Å². The lowest BCUT2D eigenvalue weighted by Gasteiger charge is -2.43. The minimum absolute atomic E-state index is 0.00567. The minimum atomic E-state index is -0.983. The normalized spacial score (nSPS) is 21.9. The van der Waals surface area contributed by atoms with Crippen LogP contribution in [0.4, 0.5) is 4.79 Å². The summed E-state index contributed by atoms with van der Waals surface area (Å²) in [7, 11) is 2.12. The number of likely N-dealkylation sites (tertiary alicyclic amines) is 1. The van der Waals surface area contributed by atoms with Crippen molar-refractivity contribution in [2.75, 3.05) is 13.6 Å². The Bertz CT molecular complexity index is 2110. The van der Waals surface area contributed by atoms with Gasteiger partial charge in [-0.15, -0.1) is 0 Å². The Morgan fingerprint density at radius 1 is 0.855 bits per heavy atom. The fourth-order valence-electron chi connectivity index (χ4n) is 7.32. The van der Waals surface area contributed by atoms with Crippen LogP contribution in [0.5, 0.6) is 0 Å². The molecule has 2 N–H and O–H groups in total. The van der Waals surface area contributed by atoms with Crippen LogP contribution in [0.15, 0.2) is 121 Å². The summed E-state index contributed by atoms with van der Waals surface area (Å²) in [4.78, 5) is 42.0. The van der Waals surface area contributed by atoms with Crippen LogP contribution in [-0.4, -0.2) is 58.6 Å². The van der Waals surface area contributed by atoms with Crippen LogP contribution in [0.1, 0.15) is 72.1 Å². The number of imide groups is 1. The van der Waals surface area contributed by atoms with Crippen molar-refractivity contribution in [3.8, 4) is 0 Å². The predicted molar refractivity (Wildman–Crippen MR) is 208 cm³/mol. The third-order valence-corrected chi connectivity index (χ3v) is 10.8. The lowest BCUT2D eigenvalue weighted by atomic mass is 9.89. The monoisotopic (exact) mass is 741 g/mol. The van der Waals surface area contributed by atoms with Gasteiger partial charge in [-0.05, 0) is 58.6 Å². The SMILES string of the molecule is CC1C(CN(C)C(C)c2ccc3ccccc3c2)OC(c2ccc(CN3C(=O)CC(NC(=O)OCc4ccccc4)C3=O)cc2)OC1c1ccc(CO)cc1. The first-order chi connectivity index (χ1) is 26.7. The molecule has 6 atom stereocenters. The molecule has 2 aliphatic heterocycles. The quantitative estimate of drug-likeness (QED) is 0.127. The van der Waals surface area contributed by atoms with Gasteiger partial charge in [0.15, 0.2) is 6.29 Å². The van der Waals surface area contributed by atoms with Gasteiger partial charge in [0.05, 0.1) is 31.8 Å². The van der Waals surface area contributed by atoms with E-state index in [0.717, 1.165) is 27.8 Å². The van der Waals surface area contributed by atoms with Gasteiger partial charge in [-0.25, -0.2) is 4.79 Å². The van der Waals surface area contributed by atoms with Crippen LogP contribution in [0, 0.1) is 5.92 Å². The van der Waals surface area contributed by atoms with Crippen molar-refractivity contribution in [1.29, 1.82) is 0 Å². The van der Waals surface area contributed by atoms with Crippen molar-refractivity contribution in [1.82, 2.24) is 15.1 Å². The molecule has 10 nitrogen and oxygen atoms in total. The van der Waals surface area contributed by atoms with Gasteiger partial charge in [0.1, 0.15) is 12.6 Å². The number of nitrogens with zero attached hydrogens (tertiary/aromatic N) is 2. The smallest absolute Gasteiger partial charge is 0.408 e. The number of carbonyl (C=O) groups is 3. The molecule has 2 aliphatic rings. The Kier molecular flexibility index (Phi) is 11.7. The number of hydrogen-bond acceptors (Lipinski definition) is 8. The maximum Gasteiger partial charge on any atom is 0.408 e. The lowest BCUT2D eigenvalue weighted by Crippen LogP contribution is -2.44. The summed E-state index contributed by atoms with van der Waals surface area (Å²) >= 11 is 0. The highest BCUT2D eigenvalue weighted by Crippen LogP contribution is 2.42. The van der Waals surface area contributed by atoms with E-state index < -0.39 is 24.3 Å². The Morgan fingerprint density at radius 3 is 2.25 bits per heavy atom. The molecule has 0 spiro atoms. The molecule has 2 heterocycles. The number of amides is 3. The van der Waals surface area contributed by atoms with E-state index in [-0.39, 0.29) is 56.3 Å². The summed E-state index contributed by atoms with van der Waals surface area (Å²) in [6, 6.07) is 38.7. The molecular formula is C45H47N3O7. The summed E-state index contributed by atoms with van der Waals surface area (Å²) in [6.45, 7) is 5.11. The molecular weight excluding hydrogens is 695 g/mol. The second-order valence-electron chi connectivity index (χ2n) is 14.6. The molecule has 55 heavy (non-hydrogen) atoms. The number of aliphatic hydroxyl groups is 1. The molecule has 0 radical (unpaired) electrons. The molecule has 0 aliphatic carbocycles. The summed E-state index contributed by atoms with van der Waals surface area (Å²) < 4.78 is 18.7. The first-order valence-electron chi connectivity index (χ1n) is 18.8. The fraction of sp³-hybridized carbons (Fsp3) is 0.311. The topological polar surface area (TPSA) is 118 Å². The van der Waals surface area contributed by atoms with Crippen LogP contribution >= 0.6 is 0 Å². The van der Waals surface area contributed by atoms with Crippen LogP contribution in [0.3, 0.4) is 0 Å². The van der Waals surface area contributed by atoms with Crippen LogP contribution in [0.2, 0.25) is 0 Å². The average molecular weight is 742 g/mol. The van der Waals surface area contributed by atoms with Crippen LogP contribution in [0.25, 0.3) is 10.8 Å². The molecule has 10 heteroatoms. The average Bonchev–Trinajstić information content (AvgIpc) is 3.47. The van der Waals surface area contributed by atoms with Gasteiger partial charge in [0.2, 0.25) is 5.91 Å². The highest BCUT2D eigenvalue weighted by atomic mass is 16.7. The van der Waals surface area contributed by atoms with Gasteiger partial charge in [-0.2, -0.15) is 0 Å². The van der Waals surface area contributed by atoms with E-state index in [1.54, 1.807) is 0 Å². The number of hydrogen-bond donors (Lipinski definition) is 2. The highest BCUT2D eigenvalue weighted by Gasteiger charge is 2.41. The second-order valence-corrected chi connectivity index (χ2v) is 14.6. The first-order valence-corrected chi connectivity index (χ1v) is 18.8.